The molecule has 118 valence electrons. The number of fused-ring (bicyclic) bond motifs is 1. The average molecular weight is 314 g/mol. The minimum absolute atomic E-state index is 1.00. The molecule has 0 saturated carbocycles. The van der Waals surface area contributed by atoms with Crippen LogP contribution in [0.5, 0.6) is 0 Å². The van der Waals surface area contributed by atoms with Gasteiger partial charge in [0.05, 0.1) is 25.4 Å². The van der Waals surface area contributed by atoms with E-state index in [0.717, 1.165) is 11.3 Å². The molecule has 0 N–H and O–H groups in total. The molecule has 2 aromatic carbocycles. The molecule has 3 heteroatoms. The number of nitrogens with zero attached hydrogens (tertiary/aromatic N) is 3. The van der Waals surface area contributed by atoms with Crippen molar-refractivity contribution in [1.29, 1.82) is 0 Å². The molecule has 0 amide bonds. The quantitative estimate of drug-likeness (QED) is 0.512. The van der Waals surface area contributed by atoms with Crippen LogP contribution in [0.25, 0.3) is 33.7 Å². The predicted octanol–water partition coefficient (Wildman–Crippen LogP) is 4.04. The van der Waals surface area contributed by atoms with Gasteiger partial charge in [-0.15, -0.1) is 0 Å². The van der Waals surface area contributed by atoms with Crippen LogP contribution < -0.4 is 4.57 Å². The summed E-state index contributed by atoms with van der Waals surface area (Å²) in [5, 5.41) is 0. The molecule has 4 rings (SSSR count). The van der Waals surface area contributed by atoms with Gasteiger partial charge < -0.3 is 0 Å². The van der Waals surface area contributed by atoms with Crippen LogP contribution in [0.2, 0.25) is 0 Å². The van der Waals surface area contributed by atoms with Crippen LogP contribution in [0, 0.1) is 6.92 Å². The molecule has 0 fully saturated rings. The molecule has 2 heterocycles. The molecular weight excluding hydrogens is 294 g/mol. The van der Waals surface area contributed by atoms with E-state index in [9.17, 15) is 0 Å². The van der Waals surface area contributed by atoms with E-state index in [-0.39, 0.29) is 0 Å². The Balaban J connectivity index is 1.93. The summed E-state index contributed by atoms with van der Waals surface area (Å²) in [7, 11) is 4.25. The first-order chi connectivity index (χ1) is 11.6. The van der Waals surface area contributed by atoms with Gasteiger partial charge in [-0.2, -0.15) is 0 Å². The molecule has 0 aliphatic heterocycles. The Kier molecular flexibility index (Phi) is 3.42. The minimum Gasteiger partial charge on any atom is -0.256 e. The SMILES string of the molecule is Cc1ccc(-c2n(C)c3cc(-c4ccccn4)ccc3[n+]2C)cc1. The van der Waals surface area contributed by atoms with Gasteiger partial charge in [-0.3, -0.25) is 4.98 Å². The second-order valence-corrected chi connectivity index (χ2v) is 6.23. The van der Waals surface area contributed by atoms with Crippen LogP contribution in [0.1, 0.15) is 5.56 Å². The second-order valence-electron chi connectivity index (χ2n) is 6.23. The van der Waals surface area contributed by atoms with E-state index in [4.69, 9.17) is 0 Å². The second kappa shape index (κ2) is 5.60. The Labute approximate surface area is 141 Å². The molecule has 0 radical (unpaired) electrons. The van der Waals surface area contributed by atoms with Crippen molar-refractivity contribution in [2.75, 3.05) is 0 Å². The van der Waals surface area contributed by atoms with Crippen molar-refractivity contribution in [2.24, 2.45) is 14.1 Å². The van der Waals surface area contributed by atoms with Gasteiger partial charge >= 0.3 is 0 Å². The molecule has 0 aliphatic carbocycles. The van der Waals surface area contributed by atoms with Crippen LogP contribution in [0.3, 0.4) is 0 Å². The first-order valence-corrected chi connectivity index (χ1v) is 8.12. The van der Waals surface area contributed by atoms with Crippen molar-refractivity contribution in [3.05, 3.63) is 72.4 Å². The van der Waals surface area contributed by atoms with Gasteiger partial charge in [0.25, 0.3) is 5.82 Å². The van der Waals surface area contributed by atoms with Crippen LogP contribution in [-0.4, -0.2) is 9.55 Å². The highest BCUT2D eigenvalue weighted by molar-refractivity contribution is 5.81. The number of aryl methyl sites for hydroxylation is 3. The Morgan fingerprint density at radius 3 is 2.38 bits per heavy atom. The number of pyridine rings is 1. The number of rotatable bonds is 2. The van der Waals surface area contributed by atoms with E-state index in [1.165, 1.54) is 28.0 Å². The number of hydrogen-bond donors (Lipinski definition) is 0. The minimum atomic E-state index is 1.00. The van der Waals surface area contributed by atoms with Gasteiger partial charge in [-0.1, -0.05) is 23.8 Å². The fraction of sp³-hybridized carbons (Fsp3) is 0.143. The summed E-state index contributed by atoms with van der Waals surface area (Å²) in [6.45, 7) is 2.12. The third-order valence-corrected chi connectivity index (χ3v) is 4.60. The molecule has 0 unspecified atom stereocenters. The Bertz CT molecular complexity index is 1010. The number of hydrogen-bond acceptors (Lipinski definition) is 1. The maximum absolute atomic E-state index is 4.47. The third kappa shape index (κ3) is 2.29. The summed E-state index contributed by atoms with van der Waals surface area (Å²) in [4.78, 5) is 4.47. The highest BCUT2D eigenvalue weighted by Crippen LogP contribution is 2.26. The maximum Gasteiger partial charge on any atom is 0.289 e. The van der Waals surface area contributed by atoms with Gasteiger partial charge in [-0.05, 0) is 49.4 Å². The molecule has 0 atom stereocenters. The third-order valence-electron chi connectivity index (χ3n) is 4.60. The fourth-order valence-corrected chi connectivity index (χ4v) is 3.31. The normalized spacial score (nSPS) is 11.1. The van der Waals surface area contributed by atoms with Crippen molar-refractivity contribution in [2.45, 2.75) is 6.92 Å². The lowest BCUT2D eigenvalue weighted by atomic mass is 10.1. The predicted molar refractivity (Wildman–Crippen MR) is 97.5 cm³/mol. The van der Waals surface area contributed by atoms with Gasteiger partial charge in [0, 0.05) is 11.8 Å². The lowest BCUT2D eigenvalue weighted by Gasteiger charge is -2.00. The Hall–Kier alpha value is -2.94. The number of aromatic nitrogens is 3. The fourth-order valence-electron chi connectivity index (χ4n) is 3.31. The van der Waals surface area contributed by atoms with E-state index in [1.807, 2.05) is 24.4 Å². The highest BCUT2D eigenvalue weighted by Gasteiger charge is 2.22. The molecule has 2 aromatic heterocycles. The molecule has 3 nitrogen and oxygen atoms in total. The smallest absolute Gasteiger partial charge is 0.256 e. The lowest BCUT2D eigenvalue weighted by molar-refractivity contribution is -0.634. The summed E-state index contributed by atoms with van der Waals surface area (Å²) in [5.74, 6) is 1.20. The zero-order valence-corrected chi connectivity index (χ0v) is 14.2. The van der Waals surface area contributed by atoms with Crippen molar-refractivity contribution in [3.63, 3.8) is 0 Å². The van der Waals surface area contributed by atoms with Crippen LogP contribution in [0.4, 0.5) is 0 Å². The van der Waals surface area contributed by atoms with Crippen molar-refractivity contribution in [3.8, 4) is 22.6 Å². The summed E-state index contributed by atoms with van der Waals surface area (Å²) >= 11 is 0. The summed E-state index contributed by atoms with van der Waals surface area (Å²) in [6.07, 6.45) is 1.84. The first kappa shape index (κ1) is 14.6. The van der Waals surface area contributed by atoms with Crippen molar-refractivity contribution >= 4 is 11.0 Å². The molecule has 24 heavy (non-hydrogen) atoms. The van der Waals surface area contributed by atoms with Gasteiger partial charge in [-0.25, -0.2) is 9.13 Å². The van der Waals surface area contributed by atoms with E-state index < -0.39 is 0 Å². The molecular formula is C21H20N3+. The van der Waals surface area contributed by atoms with Crippen LogP contribution in [0.15, 0.2) is 66.9 Å². The molecule has 0 aliphatic rings. The van der Waals surface area contributed by atoms with E-state index >= 15 is 0 Å². The highest BCUT2D eigenvalue weighted by atomic mass is 15.1. The van der Waals surface area contributed by atoms with Gasteiger partial charge in [0.15, 0.2) is 11.0 Å². The summed E-state index contributed by atoms with van der Waals surface area (Å²) in [5.41, 5.74) is 7.06. The average Bonchev–Trinajstić information content (AvgIpc) is 2.87. The maximum atomic E-state index is 4.47. The number of benzene rings is 2. The standard InChI is InChI=1S/C21H20N3/c1-15-7-9-16(10-8-15)21-23(2)19-12-11-17(14-20(19)24(21)3)18-6-4-5-13-22-18/h4-14H,1-3H3/q+1. The zero-order chi connectivity index (χ0) is 16.7. The van der Waals surface area contributed by atoms with Crippen molar-refractivity contribution < 1.29 is 4.57 Å². The number of imidazole rings is 1. The van der Waals surface area contributed by atoms with E-state index in [2.05, 4.69) is 77.6 Å². The summed E-state index contributed by atoms with van der Waals surface area (Å²) in [6, 6.07) is 21.2. The van der Waals surface area contributed by atoms with E-state index in [0.29, 0.717) is 0 Å². The van der Waals surface area contributed by atoms with Gasteiger partial charge in [0.2, 0.25) is 0 Å². The molecule has 0 bridgehead atoms. The molecule has 0 saturated heterocycles. The van der Waals surface area contributed by atoms with Gasteiger partial charge in [0.1, 0.15) is 0 Å². The van der Waals surface area contributed by atoms with Crippen molar-refractivity contribution in [1.82, 2.24) is 9.55 Å². The zero-order valence-electron chi connectivity index (χ0n) is 14.2. The van der Waals surface area contributed by atoms with Crippen LogP contribution in [-0.2, 0) is 14.1 Å². The Morgan fingerprint density at radius 2 is 1.67 bits per heavy atom. The molecule has 0 spiro atoms. The van der Waals surface area contributed by atoms with Crippen LogP contribution >= 0.6 is 0 Å². The monoisotopic (exact) mass is 314 g/mol. The summed E-state index contributed by atoms with van der Waals surface area (Å²) < 4.78 is 4.51. The lowest BCUT2D eigenvalue weighted by Crippen LogP contribution is -2.29. The molecule has 4 aromatic rings. The Morgan fingerprint density at radius 1 is 0.917 bits per heavy atom. The first-order valence-electron chi connectivity index (χ1n) is 8.12. The van der Waals surface area contributed by atoms with E-state index in [1.54, 1.807) is 0 Å². The largest absolute Gasteiger partial charge is 0.289 e. The topological polar surface area (TPSA) is 21.7 Å².